The third-order valence-corrected chi connectivity index (χ3v) is 15.9. The van der Waals surface area contributed by atoms with Crippen molar-refractivity contribution in [3.8, 4) is 11.5 Å². The Balaban J connectivity index is 0.837. The van der Waals surface area contributed by atoms with Crippen molar-refractivity contribution < 1.29 is 27.6 Å². The van der Waals surface area contributed by atoms with E-state index in [1.165, 1.54) is 57.2 Å². The summed E-state index contributed by atoms with van der Waals surface area (Å²) < 4.78 is 41.9. The molecule has 2 aliphatic carbocycles. The van der Waals surface area contributed by atoms with Crippen molar-refractivity contribution in [3.63, 3.8) is 0 Å². The second-order valence-electron chi connectivity index (χ2n) is 19.1. The predicted molar refractivity (Wildman–Crippen MR) is 246 cm³/mol. The van der Waals surface area contributed by atoms with Crippen LogP contribution in [0.2, 0.25) is 0 Å². The van der Waals surface area contributed by atoms with Crippen LogP contribution in [0.4, 0.5) is 17.1 Å². The van der Waals surface area contributed by atoms with Crippen LogP contribution in [0.3, 0.4) is 0 Å². The zero-order valence-corrected chi connectivity index (χ0v) is 37.3. The first-order valence-corrected chi connectivity index (χ1v) is 24.5. The Morgan fingerprint density at radius 2 is 1.73 bits per heavy atom. The maximum Gasteiger partial charge on any atom is 0.293 e. The smallest absolute Gasteiger partial charge is 0.293 e. The third kappa shape index (κ3) is 8.69. The molecule has 0 bridgehead atoms. The number of nitrogens with one attached hydrogen (secondary N) is 3. The van der Waals surface area contributed by atoms with Gasteiger partial charge in [-0.15, -0.1) is 0 Å². The first kappa shape index (κ1) is 42.4. The van der Waals surface area contributed by atoms with Crippen molar-refractivity contribution in [1.29, 1.82) is 0 Å². The van der Waals surface area contributed by atoms with Gasteiger partial charge in [-0.2, -0.15) is 0 Å². The maximum atomic E-state index is 14.0. The number of benzene rings is 3. The van der Waals surface area contributed by atoms with Crippen LogP contribution >= 0.6 is 0 Å². The Bertz CT molecular complexity index is 2660. The molecule has 5 heterocycles. The Labute approximate surface area is 374 Å². The second kappa shape index (κ2) is 17.1. The van der Waals surface area contributed by atoms with Crippen molar-refractivity contribution in [2.75, 3.05) is 36.4 Å². The molecule has 2 saturated carbocycles. The number of nitrogens with zero attached hydrogens (tertiary/aromatic N) is 4. The molecule has 3 aliphatic heterocycles. The van der Waals surface area contributed by atoms with Gasteiger partial charge >= 0.3 is 0 Å². The predicted octanol–water partition coefficient (Wildman–Crippen LogP) is 9.46. The average Bonchev–Trinajstić information content (AvgIpc) is 3.81. The van der Waals surface area contributed by atoms with Crippen molar-refractivity contribution >= 4 is 44.0 Å². The molecule has 3 atom stereocenters. The van der Waals surface area contributed by atoms with Crippen molar-refractivity contribution in [1.82, 2.24) is 19.6 Å². The zero-order valence-electron chi connectivity index (χ0n) is 36.5. The van der Waals surface area contributed by atoms with Crippen LogP contribution in [0.25, 0.3) is 11.0 Å². The number of piperidine rings is 1. The minimum absolute atomic E-state index is 0.00654. The molecule has 336 valence electrons. The first-order valence-electron chi connectivity index (χ1n) is 23.0. The number of sulfonamides is 1. The van der Waals surface area contributed by atoms with Gasteiger partial charge in [0.05, 0.1) is 33.8 Å². The minimum Gasteiger partial charge on any atom is -0.455 e. The number of fused-ring (bicyclic) bond motifs is 1. The molecule has 3 aromatic carbocycles. The number of hydrogen-bond acceptors (Lipinski definition) is 11. The fourth-order valence-corrected chi connectivity index (χ4v) is 12.2. The molecule has 1 amide bonds. The van der Waals surface area contributed by atoms with Crippen LogP contribution in [0.1, 0.15) is 112 Å². The monoisotopic (exact) mass is 887 g/mol. The number of hydrogen-bond donors (Lipinski definition) is 3. The fourth-order valence-electron chi connectivity index (χ4n) is 11.2. The molecule has 5 aliphatic rings. The van der Waals surface area contributed by atoms with Gasteiger partial charge in [-0.3, -0.25) is 19.8 Å². The Morgan fingerprint density at radius 3 is 2.48 bits per heavy atom. The van der Waals surface area contributed by atoms with E-state index in [0.717, 1.165) is 61.8 Å². The number of aromatic nitrogens is 2. The topological polar surface area (TPSA) is 172 Å². The van der Waals surface area contributed by atoms with E-state index in [4.69, 9.17) is 9.47 Å². The number of likely N-dealkylation sites (tertiary alicyclic amines) is 1. The highest BCUT2D eigenvalue weighted by Gasteiger charge is 2.50. The molecular weight excluding hydrogens is 831 g/mol. The van der Waals surface area contributed by atoms with Gasteiger partial charge in [0.1, 0.15) is 22.8 Å². The van der Waals surface area contributed by atoms with E-state index in [0.29, 0.717) is 35.4 Å². The van der Waals surface area contributed by atoms with Crippen LogP contribution in [0.15, 0.2) is 90.1 Å². The van der Waals surface area contributed by atoms with Crippen molar-refractivity contribution in [3.05, 3.63) is 112 Å². The number of pyridine rings is 1. The van der Waals surface area contributed by atoms with E-state index in [1.54, 1.807) is 41.7 Å². The lowest BCUT2D eigenvalue weighted by Crippen LogP contribution is -2.54. The van der Waals surface area contributed by atoms with Gasteiger partial charge < -0.3 is 24.7 Å². The molecule has 10 rings (SSSR count). The second-order valence-corrected chi connectivity index (χ2v) is 20.7. The Hall–Kier alpha value is -5.51. The highest BCUT2D eigenvalue weighted by atomic mass is 32.2. The van der Waals surface area contributed by atoms with E-state index in [-0.39, 0.29) is 35.1 Å². The summed E-state index contributed by atoms with van der Waals surface area (Å²) in [6.45, 7) is 7.37. The number of carbonyl (C=O) groups is 1. The van der Waals surface area contributed by atoms with E-state index in [1.807, 2.05) is 26.0 Å². The van der Waals surface area contributed by atoms with Crippen molar-refractivity contribution in [2.24, 2.45) is 11.3 Å². The lowest BCUT2D eigenvalue weighted by molar-refractivity contribution is -0.384. The standard InChI is InChI=1S/C49H57N7O7S/c1-31-22-33(23-32(2)62-31)29-51-43-14-12-39(26-45(43)56(58)59)64(60,61)53-48(57)42-13-11-36(25-46(42)63-38-24-35-15-18-50-47(35)52-30-38)54-20-16-49(17-21-54)27-37(28-49)55-19-5-8-44(55)41-7-4-3-6-40(41)34-9-10-34/h3-4,6-7,11-15,18,24-26,30-34,37,44,51H,5,8-10,16-17,19-23,27-29H2,1-2H3,(H,50,52)(H,53,57)/t31?,32?,33?,44-/m0/s1. The van der Waals surface area contributed by atoms with Gasteiger partial charge in [0.25, 0.3) is 21.6 Å². The highest BCUT2D eigenvalue weighted by molar-refractivity contribution is 7.90. The highest BCUT2D eigenvalue weighted by Crippen LogP contribution is 2.55. The molecule has 5 fully saturated rings. The molecule has 14 nitrogen and oxygen atoms in total. The minimum atomic E-state index is -4.55. The lowest BCUT2D eigenvalue weighted by Gasteiger charge is -2.56. The largest absolute Gasteiger partial charge is 0.455 e. The van der Waals surface area contributed by atoms with Crippen LogP contribution < -0.4 is 19.7 Å². The number of H-pyrrole nitrogens is 1. The number of aromatic amines is 1. The third-order valence-electron chi connectivity index (χ3n) is 14.6. The summed E-state index contributed by atoms with van der Waals surface area (Å²) >= 11 is 0. The van der Waals surface area contributed by atoms with Gasteiger partial charge in [-0.1, -0.05) is 24.3 Å². The average molecular weight is 888 g/mol. The zero-order chi connectivity index (χ0) is 44.2. The Morgan fingerprint density at radius 1 is 0.969 bits per heavy atom. The maximum absolute atomic E-state index is 14.0. The van der Waals surface area contributed by atoms with Gasteiger partial charge in [-0.25, -0.2) is 18.1 Å². The molecule has 0 radical (unpaired) electrons. The van der Waals surface area contributed by atoms with Gasteiger partial charge in [0, 0.05) is 61.1 Å². The number of rotatable bonds is 13. The summed E-state index contributed by atoms with van der Waals surface area (Å²) in [6, 6.07) is 22.8. The fraction of sp³-hybridized carbons (Fsp3) is 0.469. The van der Waals surface area contributed by atoms with E-state index in [2.05, 4.69) is 54.1 Å². The number of anilines is 2. The normalized spacial score (nSPS) is 23.8. The number of ether oxygens (including phenoxy) is 2. The molecule has 3 N–H and O–H groups in total. The van der Waals surface area contributed by atoms with Crippen LogP contribution in [-0.2, 0) is 14.8 Å². The first-order chi connectivity index (χ1) is 30.9. The number of nitro benzene ring substituents is 1. The number of carbonyl (C=O) groups excluding carboxylic acids is 1. The molecule has 2 unspecified atom stereocenters. The molecule has 3 saturated heterocycles. The number of nitro groups is 1. The van der Waals surface area contributed by atoms with E-state index < -0.39 is 31.4 Å². The molecule has 64 heavy (non-hydrogen) atoms. The molecule has 2 aromatic heterocycles. The summed E-state index contributed by atoms with van der Waals surface area (Å²) in [5.41, 5.74) is 4.80. The molecule has 5 aromatic rings. The lowest BCUT2D eigenvalue weighted by atomic mass is 9.59. The van der Waals surface area contributed by atoms with E-state index in [9.17, 15) is 23.3 Å². The molecule has 15 heteroatoms. The summed E-state index contributed by atoms with van der Waals surface area (Å²) in [6.07, 6.45) is 14.8. The van der Waals surface area contributed by atoms with Gasteiger partial charge in [-0.05, 0) is 149 Å². The van der Waals surface area contributed by atoms with Gasteiger partial charge in [0.2, 0.25) is 0 Å². The quantitative estimate of drug-likeness (QED) is 0.0760. The SMILES string of the molecule is CC1CC(CNc2ccc(S(=O)(=O)NC(=O)c3ccc(N4CCC5(CC4)CC(N4CCC[C@H]4c4ccccc4C4CC4)C5)cc3Oc3cnc4[nH]ccc4c3)cc2[N+](=O)[O-])CC(C)O1. The number of amides is 1. The Kier molecular flexibility index (Phi) is 11.4. The molecular formula is C49H57N7O7S. The van der Waals surface area contributed by atoms with Crippen LogP contribution in [-0.4, -0.2) is 78.5 Å². The van der Waals surface area contributed by atoms with Crippen LogP contribution in [0.5, 0.6) is 11.5 Å². The van der Waals surface area contributed by atoms with Crippen LogP contribution in [0, 0.1) is 21.4 Å². The summed E-state index contributed by atoms with van der Waals surface area (Å²) in [7, 11) is -4.55. The molecule has 1 spiro atoms. The van der Waals surface area contributed by atoms with E-state index >= 15 is 0 Å². The van der Waals surface area contributed by atoms with Gasteiger partial charge in [0.15, 0.2) is 0 Å². The summed E-state index contributed by atoms with van der Waals surface area (Å²) in [4.78, 5) is 37.8. The van der Waals surface area contributed by atoms with Crippen molar-refractivity contribution in [2.45, 2.75) is 113 Å². The summed E-state index contributed by atoms with van der Waals surface area (Å²) in [5.74, 6) is 0.598. The summed E-state index contributed by atoms with van der Waals surface area (Å²) in [5, 5.41) is 16.2.